The van der Waals surface area contributed by atoms with E-state index in [2.05, 4.69) is 0 Å². The Morgan fingerprint density at radius 1 is 1.04 bits per heavy atom. The summed E-state index contributed by atoms with van der Waals surface area (Å²) in [6, 6.07) is 7.08. The second-order valence-electron chi connectivity index (χ2n) is 7.26. The fourth-order valence-electron chi connectivity index (χ4n) is 3.84. The minimum absolute atomic E-state index is 0.0289. The quantitative estimate of drug-likeness (QED) is 0.825. The largest absolute Gasteiger partial charge is 0.493 e. The van der Waals surface area contributed by atoms with Gasteiger partial charge in [0, 0.05) is 37.8 Å². The second kappa shape index (κ2) is 5.69. The molecule has 2 aliphatic heterocycles. The molecule has 0 saturated heterocycles. The van der Waals surface area contributed by atoms with E-state index in [4.69, 9.17) is 4.74 Å². The maximum atomic E-state index is 13.1. The lowest BCUT2D eigenvalue weighted by Gasteiger charge is -2.28. The number of pyridine rings is 1. The van der Waals surface area contributed by atoms with Crippen LogP contribution in [0, 0.1) is 0 Å². The Hall–Kier alpha value is -2.12. The van der Waals surface area contributed by atoms with Gasteiger partial charge in [0.05, 0.1) is 11.5 Å². The lowest BCUT2D eigenvalue weighted by atomic mass is 10.0. The van der Waals surface area contributed by atoms with Crippen LogP contribution in [0.1, 0.15) is 35.6 Å². The fraction of sp³-hybridized carbons (Fsp3) is 0.421. The van der Waals surface area contributed by atoms with Gasteiger partial charge < -0.3 is 9.30 Å². The minimum atomic E-state index is -3.56. The summed E-state index contributed by atoms with van der Waals surface area (Å²) in [5.74, 6) is 0.779. The predicted molar refractivity (Wildman–Crippen MR) is 95.9 cm³/mol. The normalized spacial score (nSPS) is 19.7. The van der Waals surface area contributed by atoms with Crippen LogP contribution in [-0.2, 0) is 29.4 Å². The number of hydrogen-bond acceptors (Lipinski definition) is 4. The Kier molecular flexibility index (Phi) is 3.52. The average molecular weight is 372 g/mol. The number of benzene rings is 1. The van der Waals surface area contributed by atoms with Gasteiger partial charge in [-0.15, -0.1) is 0 Å². The van der Waals surface area contributed by atoms with Gasteiger partial charge in [-0.25, -0.2) is 8.42 Å². The van der Waals surface area contributed by atoms with Gasteiger partial charge >= 0.3 is 0 Å². The van der Waals surface area contributed by atoms with Crippen LogP contribution in [0.3, 0.4) is 0 Å². The molecule has 136 valence electrons. The van der Waals surface area contributed by atoms with Gasteiger partial charge in [0.25, 0.3) is 5.56 Å². The van der Waals surface area contributed by atoms with Crippen molar-refractivity contribution in [1.82, 2.24) is 8.87 Å². The van der Waals surface area contributed by atoms with E-state index in [0.29, 0.717) is 31.0 Å². The summed E-state index contributed by atoms with van der Waals surface area (Å²) in [5, 5.41) is 0. The number of fused-ring (bicyclic) bond motifs is 2. The smallest absolute Gasteiger partial charge is 0.251 e. The average Bonchev–Trinajstić information content (AvgIpc) is 3.37. The van der Waals surface area contributed by atoms with Gasteiger partial charge in [0.2, 0.25) is 10.0 Å². The highest BCUT2D eigenvalue weighted by molar-refractivity contribution is 7.89. The first-order valence-electron chi connectivity index (χ1n) is 9.02. The van der Waals surface area contributed by atoms with Crippen LogP contribution in [0.5, 0.6) is 5.75 Å². The van der Waals surface area contributed by atoms with Crippen LogP contribution < -0.4 is 10.3 Å². The molecule has 26 heavy (non-hydrogen) atoms. The summed E-state index contributed by atoms with van der Waals surface area (Å²) in [4.78, 5) is 12.5. The van der Waals surface area contributed by atoms with Crippen molar-refractivity contribution in [2.45, 2.75) is 43.2 Å². The molecule has 0 atom stereocenters. The molecule has 3 aliphatic rings. The summed E-state index contributed by atoms with van der Waals surface area (Å²) in [7, 11) is -3.56. The van der Waals surface area contributed by atoms with Gasteiger partial charge in [-0.2, -0.15) is 4.31 Å². The summed E-state index contributed by atoms with van der Waals surface area (Å²) >= 11 is 0. The van der Waals surface area contributed by atoms with Crippen molar-refractivity contribution in [3.05, 3.63) is 57.5 Å². The maximum Gasteiger partial charge on any atom is 0.251 e. The van der Waals surface area contributed by atoms with Gasteiger partial charge in [0.15, 0.2) is 0 Å². The number of aromatic nitrogens is 1. The van der Waals surface area contributed by atoms with E-state index in [1.807, 2.05) is 6.20 Å². The highest BCUT2D eigenvalue weighted by Crippen LogP contribution is 2.35. The standard InChI is InChI=1S/C19H20N2O4S/c22-19-10-13-5-7-20(11-15(13)12-21(19)16-1-2-16)26(23,24)17-3-4-18-14(9-17)6-8-25-18/h3-4,9-10,12,16H,1-2,5-8,11H2. The molecule has 1 aliphatic carbocycles. The molecule has 0 unspecified atom stereocenters. The SMILES string of the molecule is O=c1cc2c(cn1C1CC1)CN(S(=O)(=O)c1ccc3c(c1)CCO3)CC2. The van der Waals surface area contributed by atoms with E-state index < -0.39 is 10.0 Å². The zero-order valence-corrected chi connectivity index (χ0v) is 15.2. The molecule has 1 saturated carbocycles. The van der Waals surface area contributed by atoms with Gasteiger partial charge in [0.1, 0.15) is 5.75 Å². The fourth-order valence-corrected chi connectivity index (χ4v) is 5.31. The minimum Gasteiger partial charge on any atom is -0.493 e. The third kappa shape index (κ3) is 2.57. The van der Waals surface area contributed by atoms with E-state index in [1.165, 1.54) is 4.31 Å². The van der Waals surface area contributed by atoms with E-state index in [-0.39, 0.29) is 11.6 Å². The second-order valence-corrected chi connectivity index (χ2v) is 9.20. The molecular formula is C19H20N2O4S. The number of nitrogens with zero attached hydrogens (tertiary/aromatic N) is 2. The zero-order chi connectivity index (χ0) is 17.9. The van der Waals surface area contributed by atoms with Crippen LogP contribution in [0.2, 0.25) is 0 Å². The van der Waals surface area contributed by atoms with Crippen molar-refractivity contribution in [3.63, 3.8) is 0 Å². The monoisotopic (exact) mass is 372 g/mol. The number of sulfonamides is 1. The lowest BCUT2D eigenvalue weighted by Crippen LogP contribution is -2.37. The van der Waals surface area contributed by atoms with Crippen LogP contribution in [0.15, 0.2) is 40.2 Å². The van der Waals surface area contributed by atoms with Crippen LogP contribution in [0.4, 0.5) is 0 Å². The van der Waals surface area contributed by atoms with E-state index in [0.717, 1.165) is 41.7 Å². The first kappa shape index (κ1) is 16.1. The van der Waals surface area contributed by atoms with Crippen molar-refractivity contribution in [3.8, 4) is 5.75 Å². The molecule has 1 fully saturated rings. The molecule has 6 nitrogen and oxygen atoms in total. The highest BCUT2D eigenvalue weighted by Gasteiger charge is 2.31. The first-order valence-corrected chi connectivity index (χ1v) is 10.5. The number of ether oxygens (including phenoxy) is 1. The molecule has 1 aromatic carbocycles. The van der Waals surface area contributed by atoms with Crippen molar-refractivity contribution < 1.29 is 13.2 Å². The van der Waals surface area contributed by atoms with E-state index in [1.54, 1.807) is 28.8 Å². The van der Waals surface area contributed by atoms with Crippen molar-refractivity contribution >= 4 is 10.0 Å². The molecular weight excluding hydrogens is 352 g/mol. The molecule has 0 spiro atoms. The van der Waals surface area contributed by atoms with E-state index in [9.17, 15) is 13.2 Å². The Morgan fingerprint density at radius 3 is 2.69 bits per heavy atom. The Morgan fingerprint density at radius 2 is 1.88 bits per heavy atom. The number of rotatable bonds is 3. The molecule has 1 aromatic heterocycles. The molecule has 5 rings (SSSR count). The van der Waals surface area contributed by atoms with Gasteiger partial charge in [-0.3, -0.25) is 4.79 Å². The third-order valence-electron chi connectivity index (χ3n) is 5.48. The van der Waals surface area contributed by atoms with Gasteiger partial charge in [-0.05, 0) is 54.2 Å². The molecule has 0 amide bonds. The molecule has 7 heteroatoms. The summed E-state index contributed by atoms with van der Waals surface area (Å²) in [6.07, 6.45) is 5.24. The summed E-state index contributed by atoms with van der Waals surface area (Å²) < 4.78 is 35.0. The molecule has 0 radical (unpaired) electrons. The Labute approximate surface area is 152 Å². The van der Waals surface area contributed by atoms with Crippen LogP contribution in [-0.4, -0.2) is 30.4 Å². The molecule has 2 aromatic rings. The third-order valence-corrected chi connectivity index (χ3v) is 7.32. The Balaban J connectivity index is 1.48. The summed E-state index contributed by atoms with van der Waals surface area (Å²) in [5.41, 5.74) is 2.89. The molecule has 3 heterocycles. The maximum absolute atomic E-state index is 13.1. The predicted octanol–water partition coefficient (Wildman–Crippen LogP) is 1.87. The topological polar surface area (TPSA) is 68.6 Å². The highest BCUT2D eigenvalue weighted by atomic mass is 32.2. The van der Waals surface area contributed by atoms with Gasteiger partial charge in [-0.1, -0.05) is 0 Å². The van der Waals surface area contributed by atoms with Crippen molar-refractivity contribution in [2.24, 2.45) is 0 Å². The Bertz CT molecular complexity index is 1050. The number of hydrogen-bond donors (Lipinski definition) is 0. The van der Waals surface area contributed by atoms with Crippen LogP contribution >= 0.6 is 0 Å². The molecule has 0 bridgehead atoms. The lowest BCUT2D eigenvalue weighted by molar-refractivity contribution is 0.356. The van der Waals surface area contributed by atoms with Crippen LogP contribution in [0.25, 0.3) is 0 Å². The van der Waals surface area contributed by atoms with Crippen molar-refractivity contribution in [1.29, 1.82) is 0 Å². The summed E-state index contributed by atoms with van der Waals surface area (Å²) in [6.45, 7) is 1.32. The van der Waals surface area contributed by atoms with Crippen molar-refractivity contribution in [2.75, 3.05) is 13.2 Å². The first-order chi connectivity index (χ1) is 12.5. The zero-order valence-electron chi connectivity index (χ0n) is 14.3. The molecule has 0 N–H and O–H groups in total. The van der Waals surface area contributed by atoms with E-state index >= 15 is 0 Å².